The van der Waals surface area contributed by atoms with Crippen LogP contribution in [0, 0.1) is 17.1 Å². The molecule has 0 fully saturated rings. The molecule has 0 saturated heterocycles. The summed E-state index contributed by atoms with van der Waals surface area (Å²) in [6.07, 6.45) is 0.0742. The Balaban J connectivity index is 1.94. The molecule has 2 amide bonds. The van der Waals surface area contributed by atoms with Crippen molar-refractivity contribution in [1.82, 2.24) is 4.90 Å². The van der Waals surface area contributed by atoms with Crippen molar-refractivity contribution in [2.24, 2.45) is 0 Å². The van der Waals surface area contributed by atoms with Crippen LogP contribution in [0.2, 0.25) is 0 Å². The van der Waals surface area contributed by atoms with E-state index in [-0.39, 0.29) is 37.1 Å². The molecule has 0 saturated carbocycles. The smallest absolute Gasteiger partial charge is 0.226 e. The molecule has 128 valence electrons. The maximum atomic E-state index is 13.7. The van der Waals surface area contributed by atoms with E-state index in [1.54, 1.807) is 42.5 Å². The third-order valence-corrected chi connectivity index (χ3v) is 3.65. The van der Waals surface area contributed by atoms with E-state index in [0.717, 1.165) is 0 Å². The highest BCUT2D eigenvalue weighted by molar-refractivity contribution is 5.91. The molecule has 6 heteroatoms. The molecule has 0 radical (unpaired) electrons. The van der Waals surface area contributed by atoms with E-state index in [2.05, 4.69) is 5.32 Å². The van der Waals surface area contributed by atoms with Gasteiger partial charge in [-0.15, -0.1) is 0 Å². The van der Waals surface area contributed by atoms with Crippen LogP contribution in [0.1, 0.15) is 24.5 Å². The van der Waals surface area contributed by atoms with Gasteiger partial charge >= 0.3 is 0 Å². The first kappa shape index (κ1) is 18.1. The fourth-order valence-electron chi connectivity index (χ4n) is 2.31. The molecule has 0 spiro atoms. The van der Waals surface area contributed by atoms with E-state index < -0.39 is 0 Å². The Morgan fingerprint density at radius 2 is 1.96 bits per heavy atom. The lowest BCUT2D eigenvalue weighted by Gasteiger charge is -2.21. The number of benzene rings is 2. The van der Waals surface area contributed by atoms with Gasteiger partial charge in [0, 0.05) is 37.7 Å². The number of carbonyl (C=O) groups excluding carboxylic acids is 2. The summed E-state index contributed by atoms with van der Waals surface area (Å²) in [6.45, 7) is 1.67. The van der Waals surface area contributed by atoms with Crippen molar-refractivity contribution in [2.75, 3.05) is 11.9 Å². The highest BCUT2D eigenvalue weighted by Crippen LogP contribution is 2.12. The Kier molecular flexibility index (Phi) is 6.24. The van der Waals surface area contributed by atoms with Crippen LogP contribution in [-0.4, -0.2) is 23.3 Å². The molecular formula is C19H18FN3O2. The quantitative estimate of drug-likeness (QED) is 0.879. The summed E-state index contributed by atoms with van der Waals surface area (Å²) in [5, 5.41) is 11.5. The first-order valence-corrected chi connectivity index (χ1v) is 7.78. The van der Waals surface area contributed by atoms with E-state index in [1.807, 2.05) is 6.07 Å². The first-order chi connectivity index (χ1) is 12.0. The second-order valence-electron chi connectivity index (χ2n) is 5.52. The van der Waals surface area contributed by atoms with Gasteiger partial charge in [-0.25, -0.2) is 4.39 Å². The van der Waals surface area contributed by atoms with Gasteiger partial charge in [0.2, 0.25) is 11.8 Å². The molecule has 1 N–H and O–H groups in total. The number of anilines is 1. The van der Waals surface area contributed by atoms with Crippen LogP contribution in [0.3, 0.4) is 0 Å². The van der Waals surface area contributed by atoms with Crippen LogP contribution in [-0.2, 0) is 16.1 Å². The molecule has 0 aromatic heterocycles. The van der Waals surface area contributed by atoms with Gasteiger partial charge in [0.1, 0.15) is 5.82 Å². The summed E-state index contributed by atoms with van der Waals surface area (Å²) in [7, 11) is 0. The van der Waals surface area contributed by atoms with Crippen LogP contribution in [0.25, 0.3) is 0 Å². The lowest BCUT2D eigenvalue weighted by atomic mass is 10.2. The summed E-state index contributed by atoms with van der Waals surface area (Å²) in [5.41, 5.74) is 1.37. The lowest BCUT2D eigenvalue weighted by Crippen LogP contribution is -2.31. The summed E-state index contributed by atoms with van der Waals surface area (Å²) in [4.78, 5) is 25.2. The molecule has 0 heterocycles. The summed E-state index contributed by atoms with van der Waals surface area (Å²) >= 11 is 0. The van der Waals surface area contributed by atoms with Gasteiger partial charge in [0.15, 0.2) is 0 Å². The second kappa shape index (κ2) is 8.60. The molecule has 5 nitrogen and oxygen atoms in total. The molecule has 2 rings (SSSR count). The van der Waals surface area contributed by atoms with Gasteiger partial charge < -0.3 is 10.2 Å². The van der Waals surface area contributed by atoms with E-state index in [1.165, 1.54) is 17.9 Å². The van der Waals surface area contributed by atoms with E-state index in [9.17, 15) is 14.0 Å². The molecule has 0 atom stereocenters. The van der Waals surface area contributed by atoms with E-state index in [0.29, 0.717) is 16.8 Å². The average Bonchev–Trinajstić information content (AvgIpc) is 2.60. The molecule has 2 aromatic carbocycles. The van der Waals surface area contributed by atoms with Gasteiger partial charge in [-0.05, 0) is 24.3 Å². The van der Waals surface area contributed by atoms with Crippen molar-refractivity contribution in [3.05, 3.63) is 65.5 Å². The average molecular weight is 339 g/mol. The van der Waals surface area contributed by atoms with Crippen molar-refractivity contribution in [1.29, 1.82) is 5.26 Å². The summed E-state index contributed by atoms with van der Waals surface area (Å²) in [5.74, 6) is -0.899. The number of rotatable bonds is 6. The number of amides is 2. The van der Waals surface area contributed by atoms with Gasteiger partial charge in [0.05, 0.1) is 11.6 Å². The number of carbonyl (C=O) groups is 2. The molecule has 0 unspecified atom stereocenters. The molecule has 0 aliphatic rings. The molecule has 0 aliphatic carbocycles. The topological polar surface area (TPSA) is 73.2 Å². The fraction of sp³-hybridized carbons (Fsp3) is 0.211. The Morgan fingerprint density at radius 3 is 2.64 bits per heavy atom. The number of nitriles is 1. The predicted octanol–water partition coefficient (Wildman–Crippen LogP) is 3.07. The maximum Gasteiger partial charge on any atom is 0.226 e. The van der Waals surface area contributed by atoms with E-state index >= 15 is 0 Å². The van der Waals surface area contributed by atoms with Gasteiger partial charge in [0.25, 0.3) is 0 Å². The monoisotopic (exact) mass is 339 g/mol. The van der Waals surface area contributed by atoms with Gasteiger partial charge in [-0.1, -0.05) is 24.3 Å². The zero-order valence-electron chi connectivity index (χ0n) is 13.8. The van der Waals surface area contributed by atoms with Crippen molar-refractivity contribution in [3.8, 4) is 6.07 Å². The van der Waals surface area contributed by atoms with E-state index in [4.69, 9.17) is 5.26 Å². The van der Waals surface area contributed by atoms with Crippen molar-refractivity contribution in [3.63, 3.8) is 0 Å². The van der Waals surface area contributed by atoms with Gasteiger partial charge in [-0.3, -0.25) is 9.59 Å². The van der Waals surface area contributed by atoms with Gasteiger partial charge in [-0.2, -0.15) is 5.26 Å². The number of hydrogen-bond acceptors (Lipinski definition) is 3. The second-order valence-corrected chi connectivity index (χ2v) is 5.52. The Hall–Kier alpha value is -3.20. The Labute approximate surface area is 145 Å². The highest BCUT2D eigenvalue weighted by atomic mass is 19.1. The minimum Gasteiger partial charge on any atom is -0.338 e. The first-order valence-electron chi connectivity index (χ1n) is 7.78. The molecule has 25 heavy (non-hydrogen) atoms. The maximum absolute atomic E-state index is 13.7. The van der Waals surface area contributed by atoms with Crippen molar-refractivity contribution < 1.29 is 14.0 Å². The van der Waals surface area contributed by atoms with Crippen LogP contribution < -0.4 is 5.32 Å². The van der Waals surface area contributed by atoms with Crippen molar-refractivity contribution in [2.45, 2.75) is 19.9 Å². The molecule has 0 bridgehead atoms. The largest absolute Gasteiger partial charge is 0.338 e. The SMILES string of the molecule is CC(=O)N(CCC(=O)Nc1cccc(C#N)c1)Cc1ccccc1F. The summed E-state index contributed by atoms with van der Waals surface area (Å²) in [6, 6.07) is 14.8. The number of nitrogens with zero attached hydrogens (tertiary/aromatic N) is 2. The predicted molar refractivity (Wildman–Crippen MR) is 91.9 cm³/mol. The number of hydrogen-bond donors (Lipinski definition) is 1. The highest BCUT2D eigenvalue weighted by Gasteiger charge is 2.14. The van der Waals surface area contributed by atoms with Crippen LogP contribution in [0.5, 0.6) is 0 Å². The molecular weight excluding hydrogens is 321 g/mol. The minimum absolute atomic E-state index is 0.0742. The molecule has 2 aromatic rings. The molecule has 0 aliphatic heterocycles. The van der Waals surface area contributed by atoms with Crippen LogP contribution >= 0.6 is 0 Å². The zero-order chi connectivity index (χ0) is 18.2. The number of halogens is 1. The van der Waals surface area contributed by atoms with Crippen LogP contribution in [0.4, 0.5) is 10.1 Å². The van der Waals surface area contributed by atoms with Crippen molar-refractivity contribution >= 4 is 17.5 Å². The lowest BCUT2D eigenvalue weighted by molar-refractivity contribution is -0.130. The fourth-order valence-corrected chi connectivity index (χ4v) is 2.31. The normalized spacial score (nSPS) is 9.96. The van der Waals surface area contributed by atoms with Crippen LogP contribution in [0.15, 0.2) is 48.5 Å². The standard InChI is InChI=1S/C19H18FN3O2/c1-14(24)23(13-16-6-2-3-8-18(16)20)10-9-19(25)22-17-7-4-5-15(11-17)12-21/h2-8,11H,9-10,13H2,1H3,(H,22,25). The Bertz CT molecular complexity index is 814. The zero-order valence-corrected chi connectivity index (χ0v) is 13.8. The minimum atomic E-state index is -0.383. The third-order valence-electron chi connectivity index (χ3n) is 3.65. The third kappa shape index (κ3) is 5.43. The summed E-state index contributed by atoms with van der Waals surface area (Å²) < 4.78 is 13.7. The Morgan fingerprint density at radius 1 is 1.20 bits per heavy atom. The number of nitrogens with one attached hydrogen (secondary N) is 1.